The van der Waals surface area contributed by atoms with Crippen LogP contribution < -0.4 is 0 Å². The SMILES string of the molecule is CCC/C=C(\CCCO)[Si](C(C)C)(C(C)C)C(C)C. The third-order valence-electron chi connectivity index (χ3n) is 4.71. The van der Waals surface area contributed by atoms with Gasteiger partial charge in [-0.1, -0.05) is 66.2 Å². The molecule has 0 aliphatic heterocycles. The first kappa shape index (κ1) is 18.9. The van der Waals surface area contributed by atoms with Gasteiger partial charge < -0.3 is 5.11 Å². The van der Waals surface area contributed by atoms with Crippen LogP contribution in [0.4, 0.5) is 0 Å². The highest BCUT2D eigenvalue weighted by Gasteiger charge is 2.44. The normalized spacial score (nSPS) is 13.9. The van der Waals surface area contributed by atoms with Gasteiger partial charge in [-0.3, -0.25) is 0 Å². The number of hydrogen-bond acceptors (Lipinski definition) is 1. The molecular weight excluding hydrogens is 248 g/mol. The molecule has 0 aliphatic carbocycles. The first-order valence-electron chi connectivity index (χ1n) is 8.15. The van der Waals surface area contributed by atoms with Crippen molar-refractivity contribution in [2.75, 3.05) is 6.61 Å². The van der Waals surface area contributed by atoms with E-state index in [1.54, 1.807) is 5.20 Å². The molecule has 0 aliphatic rings. The summed E-state index contributed by atoms with van der Waals surface area (Å²) in [4.78, 5) is 0. The van der Waals surface area contributed by atoms with E-state index in [4.69, 9.17) is 0 Å². The van der Waals surface area contributed by atoms with E-state index in [2.05, 4.69) is 54.5 Å². The number of rotatable bonds is 9. The van der Waals surface area contributed by atoms with Crippen molar-refractivity contribution in [3.63, 3.8) is 0 Å². The van der Waals surface area contributed by atoms with E-state index in [9.17, 15) is 5.11 Å². The molecule has 0 saturated heterocycles. The van der Waals surface area contributed by atoms with Gasteiger partial charge in [0, 0.05) is 6.61 Å². The van der Waals surface area contributed by atoms with Crippen molar-refractivity contribution in [3.8, 4) is 0 Å². The summed E-state index contributed by atoms with van der Waals surface area (Å²) in [6.45, 7) is 17.1. The molecule has 1 N–H and O–H groups in total. The largest absolute Gasteiger partial charge is 0.396 e. The van der Waals surface area contributed by atoms with E-state index in [1.807, 2.05) is 0 Å². The van der Waals surface area contributed by atoms with Crippen molar-refractivity contribution in [2.24, 2.45) is 0 Å². The molecular formula is C17H36OSi. The molecule has 0 aromatic heterocycles. The Hall–Kier alpha value is -0.0831. The molecule has 0 aromatic carbocycles. The molecule has 1 nitrogen and oxygen atoms in total. The van der Waals surface area contributed by atoms with E-state index in [-0.39, 0.29) is 0 Å². The lowest BCUT2D eigenvalue weighted by molar-refractivity contribution is 0.289. The van der Waals surface area contributed by atoms with Crippen molar-refractivity contribution in [1.29, 1.82) is 0 Å². The van der Waals surface area contributed by atoms with Crippen molar-refractivity contribution in [3.05, 3.63) is 11.3 Å². The van der Waals surface area contributed by atoms with Gasteiger partial charge in [0.2, 0.25) is 0 Å². The third kappa shape index (κ3) is 4.46. The first-order valence-corrected chi connectivity index (χ1v) is 10.4. The predicted octanol–water partition coefficient (Wildman–Crippen LogP) is 5.70. The van der Waals surface area contributed by atoms with Gasteiger partial charge in [0.15, 0.2) is 0 Å². The van der Waals surface area contributed by atoms with Gasteiger partial charge in [-0.25, -0.2) is 0 Å². The Labute approximate surface area is 122 Å². The molecule has 0 radical (unpaired) electrons. The lowest BCUT2D eigenvalue weighted by Gasteiger charge is -2.45. The molecule has 0 fully saturated rings. The van der Waals surface area contributed by atoms with Gasteiger partial charge >= 0.3 is 0 Å². The minimum atomic E-state index is -1.48. The zero-order valence-corrected chi connectivity index (χ0v) is 15.3. The molecule has 0 bridgehead atoms. The second kappa shape index (κ2) is 8.96. The van der Waals surface area contributed by atoms with Gasteiger partial charge in [-0.15, -0.1) is 0 Å². The van der Waals surface area contributed by atoms with Crippen molar-refractivity contribution < 1.29 is 5.11 Å². The van der Waals surface area contributed by atoms with Crippen LogP contribution in [0.3, 0.4) is 0 Å². The lowest BCUT2D eigenvalue weighted by Crippen LogP contribution is -2.47. The maximum absolute atomic E-state index is 9.21. The standard InChI is InChI=1S/C17H36OSi/c1-8-9-11-17(12-10-13-18)19(14(2)3,15(4)5)16(6)7/h11,14-16,18H,8-10,12-13H2,1-7H3/b17-11+. The summed E-state index contributed by atoms with van der Waals surface area (Å²) in [6.07, 6.45) is 6.98. The van der Waals surface area contributed by atoms with Crippen LogP contribution in [0.2, 0.25) is 16.6 Å². The second-order valence-corrected chi connectivity index (χ2v) is 12.7. The monoisotopic (exact) mass is 284 g/mol. The number of unbranched alkanes of at least 4 members (excludes halogenated alkanes) is 1. The molecule has 0 rings (SSSR count). The van der Waals surface area contributed by atoms with Crippen LogP contribution in [0, 0.1) is 0 Å². The fraction of sp³-hybridized carbons (Fsp3) is 0.882. The molecule has 2 heteroatoms. The van der Waals surface area contributed by atoms with Crippen LogP contribution in [-0.2, 0) is 0 Å². The maximum atomic E-state index is 9.21. The smallest absolute Gasteiger partial charge is 0.0886 e. The molecule has 0 atom stereocenters. The van der Waals surface area contributed by atoms with E-state index in [1.165, 1.54) is 12.8 Å². The quantitative estimate of drug-likeness (QED) is 0.538. The van der Waals surface area contributed by atoms with Crippen LogP contribution >= 0.6 is 0 Å². The summed E-state index contributed by atoms with van der Waals surface area (Å²) in [5, 5.41) is 10.9. The van der Waals surface area contributed by atoms with Crippen LogP contribution in [0.25, 0.3) is 0 Å². The van der Waals surface area contributed by atoms with Gasteiger partial charge in [0.05, 0.1) is 8.07 Å². The fourth-order valence-electron chi connectivity index (χ4n) is 4.20. The summed E-state index contributed by atoms with van der Waals surface area (Å²) in [7, 11) is -1.48. The van der Waals surface area contributed by atoms with Crippen LogP contribution in [0.1, 0.15) is 74.1 Å². The van der Waals surface area contributed by atoms with E-state index < -0.39 is 8.07 Å². The van der Waals surface area contributed by atoms with Gasteiger partial charge in [-0.2, -0.15) is 0 Å². The minimum absolute atomic E-state index is 0.322. The average molecular weight is 285 g/mol. The summed E-state index contributed by atoms with van der Waals surface area (Å²) in [6, 6.07) is 0. The van der Waals surface area contributed by atoms with Crippen LogP contribution in [0.5, 0.6) is 0 Å². The van der Waals surface area contributed by atoms with Crippen LogP contribution in [0.15, 0.2) is 11.3 Å². The summed E-state index contributed by atoms with van der Waals surface area (Å²) in [5.74, 6) is 0. The highest BCUT2D eigenvalue weighted by atomic mass is 28.3. The van der Waals surface area contributed by atoms with E-state index >= 15 is 0 Å². The third-order valence-corrected chi connectivity index (χ3v) is 12.0. The van der Waals surface area contributed by atoms with E-state index in [0.717, 1.165) is 29.5 Å². The fourth-order valence-corrected chi connectivity index (χ4v) is 11.5. The molecule has 0 unspecified atom stereocenters. The Balaban J connectivity index is 5.58. The topological polar surface area (TPSA) is 20.2 Å². The van der Waals surface area contributed by atoms with Gasteiger partial charge in [-0.05, 0) is 35.9 Å². The Morgan fingerprint density at radius 1 is 1.00 bits per heavy atom. The second-order valence-electron chi connectivity index (χ2n) is 6.74. The number of allylic oxidation sites excluding steroid dienone is 2. The Kier molecular flexibility index (Phi) is 8.92. The summed E-state index contributed by atoms with van der Waals surface area (Å²) < 4.78 is 0. The summed E-state index contributed by atoms with van der Waals surface area (Å²) in [5.41, 5.74) is 2.32. The minimum Gasteiger partial charge on any atom is -0.396 e. The van der Waals surface area contributed by atoms with Crippen LogP contribution in [-0.4, -0.2) is 19.8 Å². The highest BCUT2D eigenvalue weighted by Crippen LogP contribution is 2.47. The molecule has 114 valence electrons. The zero-order valence-electron chi connectivity index (χ0n) is 14.3. The number of aliphatic hydroxyl groups excluding tert-OH is 1. The molecule has 19 heavy (non-hydrogen) atoms. The number of aliphatic hydroxyl groups is 1. The maximum Gasteiger partial charge on any atom is 0.0886 e. The summed E-state index contributed by atoms with van der Waals surface area (Å²) >= 11 is 0. The molecule has 0 saturated carbocycles. The van der Waals surface area contributed by atoms with Crippen molar-refractivity contribution in [1.82, 2.24) is 0 Å². The average Bonchev–Trinajstić information content (AvgIpc) is 2.31. The Bertz CT molecular complexity index is 245. The molecule has 0 heterocycles. The zero-order chi connectivity index (χ0) is 15.1. The van der Waals surface area contributed by atoms with Gasteiger partial charge in [0.1, 0.15) is 0 Å². The number of hydrogen-bond donors (Lipinski definition) is 1. The Morgan fingerprint density at radius 2 is 1.47 bits per heavy atom. The highest BCUT2D eigenvalue weighted by molar-refractivity contribution is 6.89. The van der Waals surface area contributed by atoms with Crippen molar-refractivity contribution >= 4 is 8.07 Å². The predicted molar refractivity (Wildman–Crippen MR) is 90.4 cm³/mol. The molecule has 0 aromatic rings. The molecule has 0 amide bonds. The Morgan fingerprint density at radius 3 is 1.79 bits per heavy atom. The van der Waals surface area contributed by atoms with Gasteiger partial charge in [0.25, 0.3) is 0 Å². The van der Waals surface area contributed by atoms with E-state index in [0.29, 0.717) is 6.61 Å². The van der Waals surface area contributed by atoms with Crippen molar-refractivity contribution in [2.45, 2.75) is 90.8 Å². The lowest BCUT2D eigenvalue weighted by atomic mass is 10.2. The first-order chi connectivity index (χ1) is 8.85. The molecule has 0 spiro atoms.